The Bertz CT molecular complexity index is 377. The molecule has 0 saturated heterocycles. The molecule has 0 aliphatic carbocycles. The first kappa shape index (κ1) is 22.1. The van der Waals surface area contributed by atoms with E-state index < -0.39 is 0 Å². The van der Waals surface area contributed by atoms with E-state index in [1.165, 1.54) is 109 Å². The van der Waals surface area contributed by atoms with Crippen molar-refractivity contribution in [2.45, 2.75) is 116 Å². The molecule has 1 heteroatoms. The molecule has 25 heavy (non-hydrogen) atoms. The zero-order valence-corrected chi connectivity index (χ0v) is 16.9. The summed E-state index contributed by atoms with van der Waals surface area (Å²) in [6.07, 6.45) is 33.0. The van der Waals surface area contributed by atoms with Gasteiger partial charge in [0.2, 0.25) is 0 Å². The van der Waals surface area contributed by atoms with Gasteiger partial charge in [0.25, 0.3) is 0 Å². The van der Waals surface area contributed by atoms with E-state index in [2.05, 4.69) is 48.3 Å². The van der Waals surface area contributed by atoms with Gasteiger partial charge in [-0.1, -0.05) is 109 Å². The molecule has 0 aromatic carbocycles. The van der Waals surface area contributed by atoms with Crippen LogP contribution in [0.15, 0.2) is 30.6 Å². The minimum absolute atomic E-state index is 1.22. The maximum absolute atomic E-state index is 2.30. The quantitative estimate of drug-likeness (QED) is 0.235. The fraction of sp³-hybridized carbons (Fsp3) is 0.750. The number of rotatable bonds is 18. The molecule has 1 heterocycles. The molecule has 0 atom stereocenters. The third-order valence-corrected chi connectivity index (χ3v) is 5.13. The van der Waals surface area contributed by atoms with Crippen LogP contribution in [0, 0.1) is 0 Å². The van der Waals surface area contributed by atoms with Gasteiger partial charge in [-0.05, 0) is 25.0 Å². The average molecular weight is 346 g/mol. The summed E-state index contributed by atoms with van der Waals surface area (Å²) in [7, 11) is 0. The van der Waals surface area contributed by atoms with E-state index in [0.717, 1.165) is 0 Å². The lowest BCUT2D eigenvalue weighted by atomic mass is 10.0. The zero-order valence-electron chi connectivity index (χ0n) is 16.9. The van der Waals surface area contributed by atoms with Crippen LogP contribution in [0.5, 0.6) is 0 Å². The Balaban J connectivity index is 1.69. The van der Waals surface area contributed by atoms with Crippen LogP contribution in [0.2, 0.25) is 0 Å². The molecule has 1 aromatic rings. The van der Waals surface area contributed by atoms with E-state index >= 15 is 0 Å². The molecule has 0 saturated carbocycles. The van der Waals surface area contributed by atoms with Gasteiger partial charge >= 0.3 is 0 Å². The molecule has 0 spiro atoms. The Morgan fingerprint density at radius 1 is 0.560 bits per heavy atom. The number of hydrogen-bond donors (Lipinski definition) is 0. The van der Waals surface area contributed by atoms with Gasteiger partial charge < -0.3 is 4.57 Å². The van der Waals surface area contributed by atoms with Crippen molar-refractivity contribution in [3.63, 3.8) is 0 Å². The molecule has 0 aliphatic rings. The van der Waals surface area contributed by atoms with Crippen LogP contribution >= 0.6 is 0 Å². The molecular formula is C24H43N. The van der Waals surface area contributed by atoms with Gasteiger partial charge in [0.05, 0.1) is 0 Å². The van der Waals surface area contributed by atoms with E-state index in [-0.39, 0.29) is 0 Å². The molecule has 0 radical (unpaired) electrons. The second kappa shape index (κ2) is 17.8. The molecule has 0 fully saturated rings. The normalized spacial score (nSPS) is 11.6. The van der Waals surface area contributed by atoms with Crippen molar-refractivity contribution >= 4 is 6.20 Å². The van der Waals surface area contributed by atoms with Crippen molar-refractivity contribution in [2.75, 3.05) is 0 Å². The highest BCUT2D eigenvalue weighted by molar-refractivity contribution is 5.22. The summed E-state index contributed by atoms with van der Waals surface area (Å²) in [5.41, 5.74) is 0. The number of nitrogens with zero attached hydrogens (tertiary/aromatic N) is 1. The van der Waals surface area contributed by atoms with Crippen molar-refractivity contribution in [3.8, 4) is 0 Å². The van der Waals surface area contributed by atoms with E-state index in [0.29, 0.717) is 0 Å². The third-order valence-electron chi connectivity index (χ3n) is 5.13. The first-order valence-electron chi connectivity index (χ1n) is 11.2. The summed E-state index contributed by atoms with van der Waals surface area (Å²) in [5, 5.41) is 0. The van der Waals surface area contributed by atoms with Crippen molar-refractivity contribution in [1.82, 2.24) is 4.57 Å². The van der Waals surface area contributed by atoms with Crippen LogP contribution in [0.4, 0.5) is 0 Å². The Labute approximate surface area is 157 Å². The van der Waals surface area contributed by atoms with Crippen molar-refractivity contribution < 1.29 is 0 Å². The van der Waals surface area contributed by atoms with E-state index in [1.807, 2.05) is 0 Å². The molecule has 0 bridgehead atoms. The highest BCUT2D eigenvalue weighted by Gasteiger charge is 1.94. The van der Waals surface area contributed by atoms with Gasteiger partial charge in [-0.15, -0.1) is 0 Å². The van der Waals surface area contributed by atoms with E-state index in [9.17, 15) is 0 Å². The maximum Gasteiger partial charge on any atom is 0.00823 e. The Morgan fingerprint density at radius 2 is 0.960 bits per heavy atom. The van der Waals surface area contributed by atoms with E-state index in [4.69, 9.17) is 0 Å². The first-order valence-corrected chi connectivity index (χ1v) is 11.2. The Hall–Kier alpha value is -0.980. The molecule has 0 amide bonds. The number of allylic oxidation sites excluding steroid dienone is 1. The van der Waals surface area contributed by atoms with Crippen LogP contribution in [0.3, 0.4) is 0 Å². The Morgan fingerprint density at radius 3 is 1.40 bits per heavy atom. The second-order valence-electron chi connectivity index (χ2n) is 7.61. The van der Waals surface area contributed by atoms with Crippen molar-refractivity contribution in [2.24, 2.45) is 0 Å². The number of aromatic nitrogens is 1. The molecule has 1 aromatic heterocycles. The predicted octanol–water partition coefficient (Wildman–Crippen LogP) is 8.61. The molecule has 0 aliphatic heterocycles. The standard InChI is InChI=1S/C24H43N/c1-2-3-4-5-6-7-8-9-10-11-12-13-14-15-16-17-18-19-22-25-23-20-21-24-25/h19-24H,2-18H2,1H3. The maximum atomic E-state index is 2.30. The largest absolute Gasteiger partial charge is 0.331 e. The molecule has 1 rings (SSSR count). The predicted molar refractivity (Wildman–Crippen MR) is 114 cm³/mol. The summed E-state index contributed by atoms with van der Waals surface area (Å²) in [6, 6.07) is 4.14. The lowest BCUT2D eigenvalue weighted by molar-refractivity contribution is 0.530. The van der Waals surface area contributed by atoms with Crippen molar-refractivity contribution in [3.05, 3.63) is 30.6 Å². The van der Waals surface area contributed by atoms with Crippen LogP contribution < -0.4 is 0 Å². The van der Waals surface area contributed by atoms with Crippen LogP contribution in [0.25, 0.3) is 6.20 Å². The molecule has 144 valence electrons. The molecule has 1 nitrogen and oxygen atoms in total. The van der Waals surface area contributed by atoms with Crippen LogP contribution in [-0.2, 0) is 0 Å². The highest BCUT2D eigenvalue weighted by atomic mass is 14.9. The monoisotopic (exact) mass is 345 g/mol. The van der Waals surface area contributed by atoms with Gasteiger partial charge in [-0.25, -0.2) is 0 Å². The topological polar surface area (TPSA) is 4.93 Å². The molecule has 0 unspecified atom stereocenters. The minimum Gasteiger partial charge on any atom is -0.331 e. The minimum atomic E-state index is 1.22. The molecular weight excluding hydrogens is 302 g/mol. The van der Waals surface area contributed by atoms with Gasteiger partial charge in [-0.3, -0.25) is 0 Å². The Kier molecular flexibility index (Phi) is 15.7. The molecule has 0 N–H and O–H groups in total. The van der Waals surface area contributed by atoms with Gasteiger partial charge in [0.1, 0.15) is 0 Å². The smallest absolute Gasteiger partial charge is 0.00823 e. The van der Waals surface area contributed by atoms with Gasteiger partial charge in [0, 0.05) is 18.6 Å². The summed E-state index contributed by atoms with van der Waals surface area (Å²) in [4.78, 5) is 0. The first-order chi connectivity index (χ1) is 12.4. The summed E-state index contributed by atoms with van der Waals surface area (Å²) >= 11 is 0. The fourth-order valence-electron chi connectivity index (χ4n) is 3.45. The van der Waals surface area contributed by atoms with Gasteiger partial charge in [-0.2, -0.15) is 0 Å². The number of hydrogen-bond acceptors (Lipinski definition) is 0. The van der Waals surface area contributed by atoms with Crippen LogP contribution in [-0.4, -0.2) is 4.57 Å². The highest BCUT2D eigenvalue weighted by Crippen LogP contribution is 2.14. The fourth-order valence-corrected chi connectivity index (χ4v) is 3.45. The summed E-state index contributed by atoms with van der Waals surface area (Å²) < 4.78 is 2.12. The summed E-state index contributed by atoms with van der Waals surface area (Å²) in [6.45, 7) is 2.30. The lowest BCUT2D eigenvalue weighted by Crippen LogP contribution is -1.83. The number of unbranched alkanes of at least 4 members (excludes halogenated alkanes) is 16. The zero-order chi connectivity index (χ0) is 17.8. The average Bonchev–Trinajstić information content (AvgIpc) is 3.14. The third kappa shape index (κ3) is 15.0. The van der Waals surface area contributed by atoms with Crippen LogP contribution in [0.1, 0.15) is 116 Å². The lowest BCUT2D eigenvalue weighted by Gasteiger charge is -2.03. The van der Waals surface area contributed by atoms with Crippen molar-refractivity contribution in [1.29, 1.82) is 0 Å². The van der Waals surface area contributed by atoms with Gasteiger partial charge in [0.15, 0.2) is 0 Å². The SMILES string of the molecule is CCCCCCCCCCCCCCCCCCC=Cn1cccc1. The summed E-state index contributed by atoms with van der Waals surface area (Å²) in [5.74, 6) is 0. The second-order valence-corrected chi connectivity index (χ2v) is 7.61. The van der Waals surface area contributed by atoms with E-state index in [1.54, 1.807) is 0 Å².